The van der Waals surface area contributed by atoms with Crippen LogP contribution in [0.25, 0.3) is 43.1 Å². The van der Waals surface area contributed by atoms with E-state index in [-0.39, 0.29) is 0 Å². The molecule has 2 heterocycles. The van der Waals surface area contributed by atoms with Gasteiger partial charge < -0.3 is 9.62 Å². The molecule has 2 aliphatic heterocycles. The fraction of sp³-hybridized carbons (Fsp3) is 0. The van der Waals surface area contributed by atoms with Gasteiger partial charge in [-0.05, 0) is 56.6 Å². The van der Waals surface area contributed by atoms with Gasteiger partial charge in [0.05, 0.1) is 0 Å². The third-order valence-corrected chi connectivity index (χ3v) is 6.70. The van der Waals surface area contributed by atoms with E-state index in [1.54, 1.807) is 24.3 Å². The van der Waals surface area contributed by atoms with Crippen LogP contribution in [0, 0.1) is 0 Å². The summed E-state index contributed by atoms with van der Waals surface area (Å²) in [6.45, 7) is 0. The molecule has 0 saturated carbocycles. The van der Waals surface area contributed by atoms with Gasteiger partial charge >= 0.3 is 0 Å². The molecule has 0 atom stereocenters. The lowest BCUT2D eigenvalue weighted by molar-refractivity contribution is 0.0710. The Morgan fingerprint density at radius 3 is 0.906 bits per heavy atom. The fourth-order valence-electron chi connectivity index (χ4n) is 5.31. The molecule has 5 aromatic carbocycles. The number of benzene rings is 5. The highest BCUT2D eigenvalue weighted by Crippen LogP contribution is 2.45. The molecular formula is C24H8B2N2O4. The van der Waals surface area contributed by atoms with E-state index in [2.05, 4.69) is 0 Å². The maximum Gasteiger partial charge on any atom is 0.248 e. The number of fused-ring (bicyclic) bond motifs is 2. The topological polar surface area (TPSA) is 74.8 Å². The van der Waals surface area contributed by atoms with Crippen LogP contribution >= 0.6 is 0 Å². The summed E-state index contributed by atoms with van der Waals surface area (Å²) >= 11 is 0. The van der Waals surface area contributed by atoms with Crippen molar-refractivity contribution in [3.8, 4) is 0 Å². The van der Waals surface area contributed by atoms with Crippen molar-refractivity contribution in [2.45, 2.75) is 0 Å². The second-order valence-corrected chi connectivity index (χ2v) is 8.10. The molecule has 4 radical (unpaired) electrons. The normalized spacial score (nSPS) is 15.9. The van der Waals surface area contributed by atoms with Gasteiger partial charge in [0, 0.05) is 33.0 Å². The van der Waals surface area contributed by atoms with Crippen LogP contribution in [0.1, 0.15) is 41.4 Å². The lowest BCUT2D eigenvalue weighted by Gasteiger charge is -2.28. The van der Waals surface area contributed by atoms with Gasteiger partial charge in [-0.1, -0.05) is 24.3 Å². The molecule has 0 saturated heterocycles. The third kappa shape index (κ3) is 1.73. The largest absolute Gasteiger partial charge is 0.332 e. The lowest BCUT2D eigenvalue weighted by Crippen LogP contribution is -2.38. The summed E-state index contributed by atoms with van der Waals surface area (Å²) in [7, 11) is 11.4. The van der Waals surface area contributed by atoms with Crippen LogP contribution in [0.3, 0.4) is 0 Å². The first-order chi connectivity index (χ1) is 15.4. The van der Waals surface area contributed by atoms with E-state index in [0.29, 0.717) is 42.6 Å². The minimum absolute atomic E-state index is 0.362. The standard InChI is InChI=1S/C24H8B2N2O4/c25-27-21(29)13-5-1-9-10-2-6-15-20-16(24(32)28(26)23(15)31)8-4-12(18(10)20)11-3-7-14(22(27)30)19(13)17(9)11/h1-8H. The Labute approximate surface area is 182 Å². The second kappa shape index (κ2) is 5.34. The maximum atomic E-state index is 12.7. The summed E-state index contributed by atoms with van der Waals surface area (Å²) < 4.78 is 0. The lowest BCUT2D eigenvalue weighted by atomic mass is 9.81. The van der Waals surface area contributed by atoms with Gasteiger partial charge in [-0.15, -0.1) is 0 Å². The number of amides is 4. The summed E-state index contributed by atoms with van der Waals surface area (Å²) in [5, 5.41) is 5.96. The number of rotatable bonds is 0. The van der Waals surface area contributed by atoms with Crippen molar-refractivity contribution in [3.63, 3.8) is 0 Å². The average molecular weight is 410 g/mol. The molecule has 0 bridgehead atoms. The minimum Gasteiger partial charge on any atom is -0.332 e. The predicted molar refractivity (Wildman–Crippen MR) is 120 cm³/mol. The van der Waals surface area contributed by atoms with Crippen molar-refractivity contribution in [1.29, 1.82) is 0 Å². The molecule has 5 aromatic rings. The first-order valence-electron chi connectivity index (χ1n) is 9.87. The Balaban J connectivity index is 1.77. The zero-order valence-electron chi connectivity index (χ0n) is 16.3. The molecule has 0 unspecified atom stereocenters. The van der Waals surface area contributed by atoms with Gasteiger partial charge in [0.15, 0.2) is 0 Å². The molecule has 8 heteroatoms. The Kier molecular flexibility index (Phi) is 2.92. The van der Waals surface area contributed by atoms with E-state index in [0.717, 1.165) is 32.3 Å². The Bertz CT molecular complexity index is 1540. The van der Waals surface area contributed by atoms with E-state index >= 15 is 0 Å². The molecule has 144 valence electrons. The molecule has 0 aliphatic carbocycles. The Morgan fingerprint density at radius 1 is 0.406 bits per heavy atom. The smallest absolute Gasteiger partial charge is 0.248 e. The van der Waals surface area contributed by atoms with Crippen LogP contribution in [0.5, 0.6) is 0 Å². The zero-order chi connectivity index (χ0) is 22.0. The minimum atomic E-state index is -0.554. The highest BCUT2D eigenvalue weighted by molar-refractivity contribution is 6.45. The predicted octanol–water partition coefficient (Wildman–Crippen LogP) is 3.10. The van der Waals surface area contributed by atoms with Gasteiger partial charge in [-0.25, -0.2) is 0 Å². The monoisotopic (exact) mass is 410 g/mol. The first kappa shape index (κ1) is 17.5. The third-order valence-electron chi connectivity index (χ3n) is 6.70. The van der Waals surface area contributed by atoms with Crippen LogP contribution in [-0.2, 0) is 0 Å². The van der Waals surface area contributed by atoms with Crippen molar-refractivity contribution in [1.82, 2.24) is 9.62 Å². The summed E-state index contributed by atoms with van der Waals surface area (Å²) in [5.74, 6) is -2.22. The molecule has 6 nitrogen and oxygen atoms in total. The highest BCUT2D eigenvalue weighted by atomic mass is 16.2. The molecular weight excluding hydrogens is 402 g/mol. The SMILES string of the molecule is [B]N1C(=O)c2ccc3c4ccc5c6c(ccc(c7ccc(c2c37)C1=O)c64)C(=O)N([B])C5=O. The van der Waals surface area contributed by atoms with Crippen LogP contribution in [0.15, 0.2) is 48.5 Å². The van der Waals surface area contributed by atoms with Crippen molar-refractivity contribution in [3.05, 3.63) is 70.8 Å². The Morgan fingerprint density at radius 2 is 0.656 bits per heavy atom. The van der Waals surface area contributed by atoms with E-state index in [1.165, 1.54) is 0 Å². The summed E-state index contributed by atoms with van der Waals surface area (Å²) in [6, 6.07) is 13.9. The molecule has 0 aromatic heterocycles. The van der Waals surface area contributed by atoms with Crippen molar-refractivity contribution in [2.24, 2.45) is 0 Å². The van der Waals surface area contributed by atoms with E-state index in [4.69, 9.17) is 16.0 Å². The molecule has 0 fully saturated rings. The van der Waals surface area contributed by atoms with E-state index in [1.807, 2.05) is 24.3 Å². The number of hydrogen-bond acceptors (Lipinski definition) is 4. The average Bonchev–Trinajstić information content (AvgIpc) is 2.82. The second-order valence-electron chi connectivity index (χ2n) is 8.10. The van der Waals surface area contributed by atoms with Gasteiger partial charge in [0.25, 0.3) is 0 Å². The van der Waals surface area contributed by atoms with Gasteiger partial charge in [-0.3, -0.25) is 19.2 Å². The quantitative estimate of drug-likeness (QED) is 0.170. The van der Waals surface area contributed by atoms with E-state index < -0.39 is 23.6 Å². The molecule has 2 aliphatic rings. The highest BCUT2D eigenvalue weighted by Gasteiger charge is 2.34. The Hall–Kier alpha value is -4.19. The molecule has 32 heavy (non-hydrogen) atoms. The number of nitrogens with zero attached hydrogens (tertiary/aromatic N) is 2. The van der Waals surface area contributed by atoms with Crippen LogP contribution < -0.4 is 0 Å². The summed E-state index contributed by atoms with van der Waals surface area (Å²) in [6.07, 6.45) is 0. The van der Waals surface area contributed by atoms with Gasteiger partial charge in [0.1, 0.15) is 0 Å². The number of carbonyl (C=O) groups excluding carboxylic acids is 4. The van der Waals surface area contributed by atoms with E-state index in [9.17, 15) is 19.2 Å². The molecule has 4 amide bonds. The van der Waals surface area contributed by atoms with Crippen LogP contribution in [-0.4, -0.2) is 49.2 Å². The zero-order valence-corrected chi connectivity index (χ0v) is 16.3. The van der Waals surface area contributed by atoms with Crippen LogP contribution in [0.4, 0.5) is 0 Å². The number of imide groups is 2. The molecule has 0 spiro atoms. The van der Waals surface area contributed by atoms with Crippen LogP contribution in [0.2, 0.25) is 0 Å². The fourth-order valence-corrected chi connectivity index (χ4v) is 5.31. The summed E-state index contributed by atoms with van der Waals surface area (Å²) in [4.78, 5) is 52.1. The van der Waals surface area contributed by atoms with Gasteiger partial charge in [0.2, 0.25) is 39.6 Å². The van der Waals surface area contributed by atoms with Gasteiger partial charge in [-0.2, -0.15) is 0 Å². The van der Waals surface area contributed by atoms with Crippen molar-refractivity contribution >= 4 is 82.7 Å². The first-order valence-corrected chi connectivity index (χ1v) is 9.87. The van der Waals surface area contributed by atoms with Crippen molar-refractivity contribution < 1.29 is 19.2 Å². The van der Waals surface area contributed by atoms with Crippen molar-refractivity contribution in [2.75, 3.05) is 0 Å². The summed E-state index contributed by atoms with van der Waals surface area (Å²) in [5.41, 5.74) is 1.45. The maximum absolute atomic E-state index is 12.7. The molecule has 7 rings (SSSR count). The molecule has 0 N–H and O–H groups in total. The number of hydrogen-bond donors (Lipinski definition) is 0. The number of carbonyl (C=O) groups is 4.